The van der Waals surface area contributed by atoms with Gasteiger partial charge in [-0.3, -0.25) is 9.78 Å². The molecule has 2 N–H and O–H groups in total. The van der Waals surface area contributed by atoms with Crippen LogP contribution >= 0.6 is 0 Å². The van der Waals surface area contributed by atoms with Gasteiger partial charge in [-0.15, -0.1) is 0 Å². The maximum absolute atomic E-state index is 12.5. The van der Waals surface area contributed by atoms with Gasteiger partial charge in [-0.05, 0) is 36.6 Å². The van der Waals surface area contributed by atoms with Crippen molar-refractivity contribution in [3.05, 3.63) is 65.5 Å². The average Bonchev–Trinajstić information content (AvgIpc) is 2.55. The van der Waals surface area contributed by atoms with Crippen molar-refractivity contribution in [2.75, 3.05) is 6.54 Å². The molecule has 1 aliphatic heterocycles. The molecule has 3 rings (SSSR count). The summed E-state index contributed by atoms with van der Waals surface area (Å²) in [7, 11) is 0. The summed E-state index contributed by atoms with van der Waals surface area (Å²) in [5, 5.41) is 6.34. The van der Waals surface area contributed by atoms with Gasteiger partial charge in [0.25, 0.3) is 0 Å². The molecule has 0 bridgehead atoms. The normalized spacial score (nSPS) is 18.6. The highest BCUT2D eigenvalue weighted by atomic mass is 16.2. The van der Waals surface area contributed by atoms with Gasteiger partial charge in [0.15, 0.2) is 0 Å². The van der Waals surface area contributed by atoms with Gasteiger partial charge in [0, 0.05) is 12.7 Å². The molecular weight excluding hydrogens is 262 g/mol. The van der Waals surface area contributed by atoms with Crippen LogP contribution in [0.15, 0.2) is 48.7 Å². The first-order chi connectivity index (χ1) is 10.3. The van der Waals surface area contributed by atoms with Crippen molar-refractivity contribution in [3.63, 3.8) is 0 Å². The number of nitrogens with zero attached hydrogens (tertiary/aromatic N) is 1. The molecule has 0 saturated carbocycles. The van der Waals surface area contributed by atoms with Crippen LogP contribution in [0.4, 0.5) is 0 Å². The van der Waals surface area contributed by atoms with E-state index in [0.29, 0.717) is 0 Å². The summed E-state index contributed by atoms with van der Waals surface area (Å²) < 4.78 is 0. The highest BCUT2D eigenvalue weighted by molar-refractivity contribution is 5.84. The second kappa shape index (κ2) is 6.06. The van der Waals surface area contributed by atoms with Crippen molar-refractivity contribution in [2.24, 2.45) is 0 Å². The van der Waals surface area contributed by atoms with Gasteiger partial charge in [-0.2, -0.15) is 0 Å². The Morgan fingerprint density at radius 3 is 2.90 bits per heavy atom. The molecule has 0 saturated heterocycles. The van der Waals surface area contributed by atoms with Gasteiger partial charge in [0.1, 0.15) is 6.04 Å². The Labute approximate surface area is 124 Å². The summed E-state index contributed by atoms with van der Waals surface area (Å²) in [5.74, 6) is 0.000281. The Bertz CT molecular complexity index is 627. The third kappa shape index (κ3) is 2.95. The van der Waals surface area contributed by atoms with Crippen LogP contribution in [0.2, 0.25) is 0 Å². The van der Waals surface area contributed by atoms with Crippen molar-refractivity contribution < 1.29 is 4.79 Å². The van der Waals surface area contributed by atoms with Crippen LogP contribution in [-0.2, 0) is 11.2 Å². The van der Waals surface area contributed by atoms with Crippen LogP contribution < -0.4 is 10.6 Å². The monoisotopic (exact) mass is 281 g/mol. The fourth-order valence-corrected chi connectivity index (χ4v) is 2.74. The molecule has 108 valence electrons. The zero-order chi connectivity index (χ0) is 14.7. The molecule has 2 atom stereocenters. The molecule has 0 spiro atoms. The van der Waals surface area contributed by atoms with Gasteiger partial charge in [0.2, 0.25) is 5.91 Å². The predicted molar refractivity (Wildman–Crippen MR) is 81.7 cm³/mol. The summed E-state index contributed by atoms with van der Waals surface area (Å²) in [6.45, 7) is 2.78. The predicted octanol–water partition coefficient (Wildman–Crippen LogP) is 2.15. The van der Waals surface area contributed by atoms with Gasteiger partial charge in [-0.1, -0.05) is 30.3 Å². The van der Waals surface area contributed by atoms with E-state index < -0.39 is 0 Å². The first-order valence-corrected chi connectivity index (χ1v) is 7.28. The van der Waals surface area contributed by atoms with Gasteiger partial charge >= 0.3 is 0 Å². The van der Waals surface area contributed by atoms with Crippen molar-refractivity contribution in [1.82, 2.24) is 15.6 Å². The second-order valence-corrected chi connectivity index (χ2v) is 5.32. The summed E-state index contributed by atoms with van der Waals surface area (Å²) >= 11 is 0. The Hall–Kier alpha value is -2.20. The van der Waals surface area contributed by atoms with Crippen LogP contribution in [0.25, 0.3) is 0 Å². The van der Waals surface area contributed by atoms with Crippen LogP contribution in [0.1, 0.15) is 35.8 Å². The first kappa shape index (κ1) is 13.8. The smallest absolute Gasteiger partial charge is 0.242 e. The van der Waals surface area contributed by atoms with Crippen LogP contribution in [0, 0.1) is 0 Å². The Morgan fingerprint density at radius 2 is 2.10 bits per heavy atom. The lowest BCUT2D eigenvalue weighted by atomic mass is 9.94. The first-order valence-electron chi connectivity index (χ1n) is 7.28. The molecule has 0 fully saturated rings. The van der Waals surface area contributed by atoms with E-state index in [1.54, 1.807) is 6.20 Å². The SMILES string of the molecule is CC(NC(=O)C1NCCc2ccccc21)c1ccccn1. The van der Waals surface area contributed by atoms with E-state index >= 15 is 0 Å². The molecule has 21 heavy (non-hydrogen) atoms. The lowest BCUT2D eigenvalue weighted by Gasteiger charge is -2.27. The topological polar surface area (TPSA) is 54.0 Å². The molecule has 0 aliphatic carbocycles. The minimum absolute atomic E-state index is 0.000281. The van der Waals surface area contributed by atoms with E-state index in [1.165, 1.54) is 5.56 Å². The van der Waals surface area contributed by atoms with E-state index in [0.717, 1.165) is 24.2 Å². The summed E-state index contributed by atoms with van der Waals surface area (Å²) in [6.07, 6.45) is 2.71. The average molecular weight is 281 g/mol. The largest absolute Gasteiger partial charge is 0.346 e. The number of carbonyl (C=O) groups is 1. The maximum atomic E-state index is 12.5. The van der Waals surface area contributed by atoms with Crippen molar-refractivity contribution >= 4 is 5.91 Å². The van der Waals surface area contributed by atoms with Crippen molar-refractivity contribution in [2.45, 2.75) is 25.4 Å². The molecule has 1 aliphatic rings. The molecule has 1 aromatic heterocycles. The Kier molecular flexibility index (Phi) is 3.97. The third-order valence-electron chi connectivity index (χ3n) is 3.86. The van der Waals surface area contributed by atoms with E-state index in [2.05, 4.69) is 21.7 Å². The van der Waals surface area contributed by atoms with Gasteiger partial charge in [-0.25, -0.2) is 0 Å². The molecule has 4 nitrogen and oxygen atoms in total. The standard InChI is InChI=1S/C17H19N3O/c1-12(15-8-4-5-10-18-15)20-17(21)16-14-7-3-2-6-13(14)9-11-19-16/h2-8,10,12,16,19H,9,11H2,1H3,(H,20,21). The Morgan fingerprint density at radius 1 is 1.29 bits per heavy atom. The summed E-state index contributed by atoms with van der Waals surface area (Å²) in [4.78, 5) is 16.8. The molecule has 0 radical (unpaired) electrons. The highest BCUT2D eigenvalue weighted by Crippen LogP contribution is 2.23. The lowest BCUT2D eigenvalue weighted by molar-refractivity contribution is -0.124. The summed E-state index contributed by atoms with van der Waals surface area (Å²) in [6, 6.07) is 13.5. The van der Waals surface area contributed by atoms with Crippen LogP contribution in [0.5, 0.6) is 0 Å². The van der Waals surface area contributed by atoms with E-state index in [9.17, 15) is 4.79 Å². The van der Waals surface area contributed by atoms with Crippen LogP contribution in [-0.4, -0.2) is 17.4 Å². The van der Waals surface area contributed by atoms with E-state index in [-0.39, 0.29) is 18.0 Å². The molecule has 2 unspecified atom stereocenters. The maximum Gasteiger partial charge on any atom is 0.242 e. The molecular formula is C17H19N3O. The van der Waals surface area contributed by atoms with Crippen LogP contribution in [0.3, 0.4) is 0 Å². The number of amides is 1. The Balaban J connectivity index is 1.75. The molecule has 1 aromatic carbocycles. The number of aromatic nitrogens is 1. The number of rotatable bonds is 3. The number of benzene rings is 1. The number of carbonyl (C=O) groups excluding carboxylic acids is 1. The molecule has 2 heterocycles. The summed E-state index contributed by atoms with van der Waals surface area (Å²) in [5.41, 5.74) is 3.20. The minimum Gasteiger partial charge on any atom is -0.346 e. The van der Waals surface area contributed by atoms with Gasteiger partial charge < -0.3 is 10.6 Å². The fraction of sp³-hybridized carbons (Fsp3) is 0.294. The highest BCUT2D eigenvalue weighted by Gasteiger charge is 2.26. The third-order valence-corrected chi connectivity index (χ3v) is 3.86. The minimum atomic E-state index is -0.277. The molecule has 2 aromatic rings. The van der Waals surface area contributed by atoms with E-state index in [1.807, 2.05) is 43.3 Å². The zero-order valence-electron chi connectivity index (χ0n) is 12.0. The number of nitrogens with one attached hydrogen (secondary N) is 2. The number of hydrogen-bond acceptors (Lipinski definition) is 3. The number of pyridine rings is 1. The van der Waals surface area contributed by atoms with Gasteiger partial charge in [0.05, 0.1) is 11.7 Å². The van der Waals surface area contributed by atoms with Crippen molar-refractivity contribution in [3.8, 4) is 0 Å². The lowest BCUT2D eigenvalue weighted by Crippen LogP contribution is -2.42. The molecule has 1 amide bonds. The number of fused-ring (bicyclic) bond motifs is 1. The zero-order valence-corrected chi connectivity index (χ0v) is 12.0. The fourth-order valence-electron chi connectivity index (χ4n) is 2.74. The quantitative estimate of drug-likeness (QED) is 0.906. The number of hydrogen-bond donors (Lipinski definition) is 2. The van der Waals surface area contributed by atoms with E-state index in [4.69, 9.17) is 0 Å². The van der Waals surface area contributed by atoms with Crippen molar-refractivity contribution in [1.29, 1.82) is 0 Å². The second-order valence-electron chi connectivity index (χ2n) is 5.32. The molecule has 4 heteroatoms.